The molecule has 0 spiro atoms. The molecule has 0 fully saturated rings. The highest BCUT2D eigenvalue weighted by atomic mass is 16.9. The first-order chi connectivity index (χ1) is 10.9. The molecule has 0 saturated carbocycles. The van der Waals surface area contributed by atoms with Crippen molar-refractivity contribution in [1.82, 2.24) is 0 Å². The third-order valence-corrected chi connectivity index (χ3v) is 2.88. The molecule has 0 unspecified atom stereocenters. The average molecular weight is 328 g/mol. The van der Waals surface area contributed by atoms with Gasteiger partial charge in [-0.3, -0.25) is 10.0 Å². The fraction of sp³-hybridized carbons (Fsp3) is 0.611. The summed E-state index contributed by atoms with van der Waals surface area (Å²) < 4.78 is 0. The van der Waals surface area contributed by atoms with Gasteiger partial charge in [-0.15, -0.1) is 5.23 Å². The van der Waals surface area contributed by atoms with Crippen molar-refractivity contribution in [2.45, 2.75) is 68.7 Å². The Balaban J connectivity index is -0.000000595. The van der Waals surface area contributed by atoms with Gasteiger partial charge in [0.1, 0.15) is 5.78 Å². The first kappa shape index (κ1) is 26.5. The fourth-order valence-electron chi connectivity index (χ4n) is 1.50. The Morgan fingerprint density at radius 1 is 1.13 bits per heavy atom. The second kappa shape index (κ2) is 15.5. The summed E-state index contributed by atoms with van der Waals surface area (Å²) in [5, 5.41) is 9.94. The predicted molar refractivity (Wildman–Crippen MR) is 98.2 cm³/mol. The van der Waals surface area contributed by atoms with Crippen LogP contribution in [0.15, 0.2) is 24.3 Å². The van der Waals surface area contributed by atoms with E-state index in [1.165, 1.54) is 0 Å². The Hall–Kier alpha value is -1.43. The topological polar surface area (TPSA) is 75.8 Å². The van der Waals surface area contributed by atoms with Crippen LogP contribution in [-0.2, 0) is 16.2 Å². The highest BCUT2D eigenvalue weighted by molar-refractivity contribution is 5.82. The molecule has 0 aromatic heterocycles. The van der Waals surface area contributed by atoms with Gasteiger partial charge < -0.3 is 0 Å². The Bertz CT molecular complexity index is 407. The fourth-order valence-corrected chi connectivity index (χ4v) is 1.50. The second-order valence-electron chi connectivity index (χ2n) is 4.62. The molecule has 1 rings (SSSR count). The number of benzene rings is 1. The van der Waals surface area contributed by atoms with Crippen LogP contribution in [0.5, 0.6) is 0 Å². The molecular weight excluding hydrogens is 292 g/mol. The van der Waals surface area contributed by atoms with E-state index in [1.54, 1.807) is 19.1 Å². The quantitative estimate of drug-likeness (QED) is 0.750. The van der Waals surface area contributed by atoms with Gasteiger partial charge in [0.05, 0.1) is 5.69 Å². The molecule has 5 nitrogen and oxygen atoms in total. The zero-order valence-corrected chi connectivity index (χ0v) is 16.3. The van der Waals surface area contributed by atoms with Crippen molar-refractivity contribution >= 4 is 11.5 Å². The summed E-state index contributed by atoms with van der Waals surface area (Å²) in [5.41, 5.74) is 0.732. The van der Waals surface area contributed by atoms with E-state index in [-0.39, 0.29) is 5.78 Å². The van der Waals surface area contributed by atoms with Crippen LogP contribution in [-0.4, -0.2) is 11.0 Å². The van der Waals surface area contributed by atoms with Crippen molar-refractivity contribution in [3.05, 3.63) is 29.8 Å². The Kier molecular flexibility index (Phi) is 17.8. The van der Waals surface area contributed by atoms with Gasteiger partial charge in [-0.05, 0) is 25.0 Å². The summed E-state index contributed by atoms with van der Waals surface area (Å²) >= 11 is 0. The zero-order chi connectivity index (χ0) is 19.1. The van der Waals surface area contributed by atoms with Crippen LogP contribution in [0.1, 0.15) is 67.9 Å². The number of carbonyl (C=O) groups excluding carboxylic acids is 1. The molecule has 1 aromatic carbocycles. The normalized spacial score (nSPS) is 9.17. The molecule has 1 aromatic rings. The summed E-state index contributed by atoms with van der Waals surface area (Å²) in [6.07, 6.45) is 0.499. The molecule has 5 heteroatoms. The Labute approximate surface area is 142 Å². The van der Waals surface area contributed by atoms with Gasteiger partial charge in [-0.1, -0.05) is 73.6 Å². The molecule has 136 valence electrons. The minimum atomic E-state index is -0.495. The monoisotopic (exact) mass is 328 g/mol. The third kappa shape index (κ3) is 10.0. The van der Waals surface area contributed by atoms with Crippen molar-refractivity contribution in [2.24, 2.45) is 11.3 Å². The number of carbonyl (C=O) groups is 1. The molecular formula is C18H36N2O3. The number of anilines is 1. The number of nitrogens with two attached hydrogens (primary N) is 1. The maximum absolute atomic E-state index is 11.5. The molecule has 0 amide bonds. The average Bonchev–Trinajstić information content (AvgIpc) is 2.59. The number of para-hydroxylation sites is 1. The smallest absolute Gasteiger partial charge is 0.135 e. The molecule has 3 N–H and O–H groups in total. The van der Waals surface area contributed by atoms with Crippen molar-refractivity contribution < 1.29 is 14.9 Å². The molecule has 0 saturated heterocycles. The molecule has 0 aliphatic rings. The van der Waals surface area contributed by atoms with E-state index < -0.39 is 5.41 Å². The lowest BCUT2D eigenvalue weighted by atomic mass is 9.82. The van der Waals surface area contributed by atoms with Crippen molar-refractivity contribution in [1.29, 1.82) is 0 Å². The van der Waals surface area contributed by atoms with Crippen LogP contribution in [0.4, 0.5) is 5.69 Å². The van der Waals surface area contributed by atoms with Gasteiger partial charge in [0.2, 0.25) is 0 Å². The van der Waals surface area contributed by atoms with E-state index in [9.17, 15) is 10.0 Å². The van der Waals surface area contributed by atoms with E-state index in [4.69, 9.17) is 5.90 Å². The summed E-state index contributed by atoms with van der Waals surface area (Å²) in [4.78, 5) is 15.7. The van der Waals surface area contributed by atoms with Crippen molar-refractivity contribution in [3.63, 3.8) is 0 Å². The maximum atomic E-state index is 11.5. The van der Waals surface area contributed by atoms with E-state index in [1.807, 2.05) is 67.5 Å². The van der Waals surface area contributed by atoms with Crippen LogP contribution in [0, 0.1) is 5.41 Å². The predicted octanol–water partition coefficient (Wildman–Crippen LogP) is 4.92. The number of ketones is 1. The van der Waals surface area contributed by atoms with Crippen LogP contribution in [0.25, 0.3) is 0 Å². The van der Waals surface area contributed by atoms with Gasteiger partial charge in [0.25, 0.3) is 0 Å². The first-order valence-electron chi connectivity index (χ1n) is 8.33. The lowest BCUT2D eigenvalue weighted by molar-refractivity contribution is -0.124. The van der Waals surface area contributed by atoms with Gasteiger partial charge in [0, 0.05) is 5.41 Å². The lowest BCUT2D eigenvalue weighted by Crippen LogP contribution is -2.27. The number of nitrogens with zero attached hydrogens (tertiary/aromatic N) is 1. The lowest BCUT2D eigenvalue weighted by Gasteiger charge is -2.24. The molecule has 0 bridgehead atoms. The number of hydrogen-bond acceptors (Lipinski definition) is 5. The van der Waals surface area contributed by atoms with Crippen LogP contribution in [0.3, 0.4) is 0 Å². The molecule has 0 aliphatic heterocycles. The first-order valence-corrected chi connectivity index (χ1v) is 8.33. The molecule has 23 heavy (non-hydrogen) atoms. The van der Waals surface area contributed by atoms with Gasteiger partial charge in [-0.25, -0.2) is 0 Å². The van der Waals surface area contributed by atoms with Crippen LogP contribution >= 0.6 is 0 Å². The summed E-state index contributed by atoms with van der Waals surface area (Å²) in [7, 11) is 0. The van der Waals surface area contributed by atoms with E-state index in [0.29, 0.717) is 17.3 Å². The van der Waals surface area contributed by atoms with Crippen LogP contribution in [0.2, 0.25) is 0 Å². The SMILES string of the molecule is CC.CC.CC.CC(=O)C(C)(C)Cc1ccccc1N(O)ON. The molecule has 0 atom stereocenters. The highest BCUT2D eigenvalue weighted by Crippen LogP contribution is 2.28. The molecule has 0 radical (unpaired) electrons. The second-order valence-corrected chi connectivity index (χ2v) is 4.62. The van der Waals surface area contributed by atoms with E-state index in [0.717, 1.165) is 5.56 Å². The van der Waals surface area contributed by atoms with Crippen LogP contribution < -0.4 is 11.1 Å². The van der Waals surface area contributed by atoms with Gasteiger partial charge >= 0.3 is 0 Å². The number of Topliss-reactive ketones (excluding diaryl/α,β-unsaturated/α-hetero) is 1. The van der Waals surface area contributed by atoms with E-state index >= 15 is 0 Å². The number of hydrogen-bond donors (Lipinski definition) is 2. The standard InChI is InChI=1S/C12H18N2O3.3C2H6/c1-9(15)12(2,3)8-10-6-4-5-7-11(10)14(16)17-13;3*1-2/h4-7,16H,8,13H2,1-3H3;3*1-2H3. The zero-order valence-electron chi connectivity index (χ0n) is 16.3. The largest absolute Gasteiger partial charge is 0.299 e. The van der Waals surface area contributed by atoms with Gasteiger partial charge in [0.15, 0.2) is 0 Å². The Morgan fingerprint density at radius 3 is 1.96 bits per heavy atom. The molecule has 0 heterocycles. The third-order valence-electron chi connectivity index (χ3n) is 2.88. The summed E-state index contributed by atoms with van der Waals surface area (Å²) in [6.45, 7) is 17.3. The minimum Gasteiger partial charge on any atom is -0.299 e. The van der Waals surface area contributed by atoms with Crippen molar-refractivity contribution in [3.8, 4) is 0 Å². The minimum absolute atomic E-state index is 0.0884. The van der Waals surface area contributed by atoms with Gasteiger partial charge in [-0.2, -0.15) is 10.8 Å². The Morgan fingerprint density at radius 2 is 1.57 bits per heavy atom. The van der Waals surface area contributed by atoms with Crippen molar-refractivity contribution in [2.75, 3.05) is 5.23 Å². The van der Waals surface area contributed by atoms with E-state index in [2.05, 4.69) is 4.94 Å². The molecule has 0 aliphatic carbocycles. The number of rotatable bonds is 5. The highest BCUT2D eigenvalue weighted by Gasteiger charge is 2.25. The summed E-state index contributed by atoms with van der Waals surface area (Å²) in [6, 6.07) is 7.07. The maximum Gasteiger partial charge on any atom is 0.135 e. The summed E-state index contributed by atoms with van der Waals surface area (Å²) in [5.74, 6) is 4.99.